The number of aromatic nitrogens is 2. The standard InChI is InChI=1S/C15H18F2N4O3/c16-15(17)9-20(7-8-24-10-15)13(22)18-5-6-21-12-4-2-1-3-11(12)19-14(21)23/h1-4H,5-10H2,(H,18,22)(H,19,23). The Kier molecular flexibility index (Phi) is 4.52. The number of urea groups is 1. The molecule has 0 atom stereocenters. The largest absolute Gasteiger partial charge is 0.373 e. The molecule has 1 aliphatic heterocycles. The van der Waals surface area contributed by atoms with Crippen molar-refractivity contribution in [1.29, 1.82) is 0 Å². The summed E-state index contributed by atoms with van der Waals surface area (Å²) in [5.41, 5.74) is 1.16. The summed E-state index contributed by atoms with van der Waals surface area (Å²) < 4.78 is 33.2. The molecule has 1 aliphatic rings. The van der Waals surface area contributed by atoms with E-state index in [1.165, 1.54) is 4.57 Å². The number of carbonyl (C=O) groups excluding carboxylic acids is 1. The highest BCUT2D eigenvalue weighted by molar-refractivity contribution is 5.75. The molecule has 2 heterocycles. The van der Waals surface area contributed by atoms with E-state index >= 15 is 0 Å². The number of imidazole rings is 1. The van der Waals surface area contributed by atoms with Crippen LogP contribution in [0, 0.1) is 0 Å². The van der Waals surface area contributed by atoms with Gasteiger partial charge in [-0.25, -0.2) is 18.4 Å². The van der Waals surface area contributed by atoms with E-state index in [2.05, 4.69) is 10.3 Å². The topological polar surface area (TPSA) is 79.4 Å². The molecule has 1 saturated heterocycles. The molecule has 1 aromatic carbocycles. The summed E-state index contributed by atoms with van der Waals surface area (Å²) >= 11 is 0. The summed E-state index contributed by atoms with van der Waals surface area (Å²) in [7, 11) is 0. The van der Waals surface area contributed by atoms with Gasteiger partial charge in [-0.1, -0.05) is 12.1 Å². The van der Waals surface area contributed by atoms with Crippen LogP contribution in [0.2, 0.25) is 0 Å². The van der Waals surface area contributed by atoms with Crippen LogP contribution in [0.15, 0.2) is 29.1 Å². The minimum Gasteiger partial charge on any atom is -0.373 e. The minimum atomic E-state index is -3.05. The Balaban J connectivity index is 1.60. The molecule has 0 saturated carbocycles. The maximum absolute atomic E-state index is 13.5. The van der Waals surface area contributed by atoms with Gasteiger partial charge >= 0.3 is 11.7 Å². The number of nitrogens with one attached hydrogen (secondary N) is 2. The molecule has 2 amide bonds. The number of carbonyl (C=O) groups is 1. The summed E-state index contributed by atoms with van der Waals surface area (Å²) in [6, 6.07) is 6.61. The summed E-state index contributed by atoms with van der Waals surface area (Å²) in [5, 5.41) is 2.57. The average molecular weight is 340 g/mol. The van der Waals surface area contributed by atoms with Crippen molar-refractivity contribution in [2.45, 2.75) is 12.5 Å². The van der Waals surface area contributed by atoms with Crippen molar-refractivity contribution in [2.24, 2.45) is 0 Å². The number of para-hydroxylation sites is 2. The highest BCUT2D eigenvalue weighted by Gasteiger charge is 2.36. The van der Waals surface area contributed by atoms with Gasteiger partial charge in [0.05, 0.1) is 24.2 Å². The number of alkyl halides is 2. The van der Waals surface area contributed by atoms with Crippen molar-refractivity contribution < 1.29 is 18.3 Å². The lowest BCUT2D eigenvalue weighted by Crippen LogP contribution is -2.47. The van der Waals surface area contributed by atoms with Gasteiger partial charge in [-0.15, -0.1) is 0 Å². The zero-order valence-corrected chi connectivity index (χ0v) is 12.9. The first-order valence-electron chi connectivity index (χ1n) is 7.62. The predicted molar refractivity (Wildman–Crippen MR) is 83.3 cm³/mol. The zero-order valence-electron chi connectivity index (χ0n) is 12.9. The summed E-state index contributed by atoms with van der Waals surface area (Å²) in [4.78, 5) is 27.7. The van der Waals surface area contributed by atoms with Crippen LogP contribution < -0.4 is 11.0 Å². The number of hydrogen-bond acceptors (Lipinski definition) is 3. The highest BCUT2D eigenvalue weighted by atomic mass is 19.3. The SMILES string of the molecule is O=C(NCCn1c(=O)[nH]c2ccccc21)N1CCOCC(F)(F)C1. The fourth-order valence-corrected chi connectivity index (χ4v) is 2.69. The zero-order chi connectivity index (χ0) is 17.2. The number of halogens is 2. The van der Waals surface area contributed by atoms with Crippen LogP contribution in [-0.4, -0.2) is 59.3 Å². The fraction of sp³-hybridized carbons (Fsp3) is 0.467. The predicted octanol–water partition coefficient (Wildman–Crippen LogP) is 1.01. The summed E-state index contributed by atoms with van der Waals surface area (Å²) in [5.74, 6) is -3.05. The molecule has 2 N–H and O–H groups in total. The van der Waals surface area contributed by atoms with E-state index in [-0.39, 0.29) is 31.9 Å². The molecule has 7 nitrogen and oxygen atoms in total. The Bertz CT molecular complexity index is 786. The first kappa shape index (κ1) is 16.4. The molecule has 0 unspecified atom stereocenters. The van der Waals surface area contributed by atoms with Crippen LogP contribution in [0.3, 0.4) is 0 Å². The molecule has 0 radical (unpaired) electrons. The molecule has 24 heavy (non-hydrogen) atoms. The van der Waals surface area contributed by atoms with Crippen molar-refractivity contribution >= 4 is 17.1 Å². The second-order valence-corrected chi connectivity index (χ2v) is 5.66. The Labute approximate surface area is 136 Å². The van der Waals surface area contributed by atoms with Crippen LogP contribution in [0.4, 0.5) is 13.6 Å². The second-order valence-electron chi connectivity index (χ2n) is 5.66. The quantitative estimate of drug-likeness (QED) is 0.875. The van der Waals surface area contributed by atoms with Crippen molar-refractivity contribution in [3.05, 3.63) is 34.7 Å². The van der Waals surface area contributed by atoms with Gasteiger partial charge in [0.25, 0.3) is 5.92 Å². The average Bonchev–Trinajstić information content (AvgIpc) is 2.73. The summed E-state index contributed by atoms with van der Waals surface area (Å²) in [6.45, 7) is -0.772. The van der Waals surface area contributed by atoms with Crippen LogP contribution in [0.1, 0.15) is 0 Å². The van der Waals surface area contributed by atoms with Crippen LogP contribution in [0.25, 0.3) is 11.0 Å². The molecule has 1 fully saturated rings. The van der Waals surface area contributed by atoms with Crippen molar-refractivity contribution in [3.8, 4) is 0 Å². The van der Waals surface area contributed by atoms with E-state index in [1.54, 1.807) is 12.1 Å². The Hall–Kier alpha value is -2.42. The van der Waals surface area contributed by atoms with Gasteiger partial charge < -0.3 is 19.9 Å². The Morgan fingerprint density at radius 2 is 2.17 bits per heavy atom. The van der Waals surface area contributed by atoms with Gasteiger partial charge in [0, 0.05) is 19.6 Å². The van der Waals surface area contributed by atoms with Gasteiger partial charge in [0.2, 0.25) is 0 Å². The number of rotatable bonds is 3. The van der Waals surface area contributed by atoms with Crippen LogP contribution in [0.5, 0.6) is 0 Å². The fourth-order valence-electron chi connectivity index (χ4n) is 2.69. The van der Waals surface area contributed by atoms with Gasteiger partial charge in [-0.3, -0.25) is 4.57 Å². The first-order chi connectivity index (χ1) is 11.5. The third-order valence-corrected chi connectivity index (χ3v) is 3.82. The van der Waals surface area contributed by atoms with Gasteiger partial charge in [0.15, 0.2) is 0 Å². The molecule has 3 rings (SSSR count). The Morgan fingerprint density at radius 1 is 1.38 bits per heavy atom. The molecule has 9 heteroatoms. The molecule has 0 bridgehead atoms. The number of fused-ring (bicyclic) bond motifs is 1. The van der Waals surface area contributed by atoms with Gasteiger partial charge in [-0.05, 0) is 12.1 Å². The number of nitrogens with zero attached hydrogens (tertiary/aromatic N) is 2. The lowest BCUT2D eigenvalue weighted by Gasteiger charge is -2.23. The Morgan fingerprint density at radius 3 is 3.00 bits per heavy atom. The van der Waals surface area contributed by atoms with E-state index in [0.717, 1.165) is 10.4 Å². The number of benzene rings is 1. The first-order valence-corrected chi connectivity index (χ1v) is 7.62. The third-order valence-electron chi connectivity index (χ3n) is 3.82. The van der Waals surface area contributed by atoms with Crippen LogP contribution >= 0.6 is 0 Å². The molecule has 130 valence electrons. The van der Waals surface area contributed by atoms with E-state index in [4.69, 9.17) is 4.74 Å². The molecule has 2 aromatic rings. The normalized spacial score (nSPS) is 17.7. The van der Waals surface area contributed by atoms with E-state index in [9.17, 15) is 18.4 Å². The number of aromatic amines is 1. The van der Waals surface area contributed by atoms with Gasteiger partial charge in [0.1, 0.15) is 6.61 Å². The van der Waals surface area contributed by atoms with Gasteiger partial charge in [-0.2, -0.15) is 0 Å². The smallest absolute Gasteiger partial charge is 0.326 e. The molecule has 0 aliphatic carbocycles. The monoisotopic (exact) mass is 340 g/mol. The summed E-state index contributed by atoms with van der Waals surface area (Å²) in [6.07, 6.45) is 0. The number of H-pyrrole nitrogens is 1. The number of hydrogen-bond donors (Lipinski definition) is 2. The van der Waals surface area contributed by atoms with E-state index < -0.39 is 25.1 Å². The maximum Gasteiger partial charge on any atom is 0.326 e. The van der Waals surface area contributed by atoms with Crippen LogP contribution in [-0.2, 0) is 11.3 Å². The van der Waals surface area contributed by atoms with Crippen molar-refractivity contribution in [2.75, 3.05) is 32.8 Å². The molecular weight excluding hydrogens is 322 g/mol. The second kappa shape index (κ2) is 6.60. The van der Waals surface area contributed by atoms with E-state index in [1.807, 2.05) is 12.1 Å². The third kappa shape index (κ3) is 3.56. The molecule has 0 spiro atoms. The highest BCUT2D eigenvalue weighted by Crippen LogP contribution is 2.18. The molecular formula is C15H18F2N4O3. The lowest BCUT2D eigenvalue weighted by atomic mass is 10.3. The maximum atomic E-state index is 13.5. The number of ether oxygens (including phenoxy) is 1. The van der Waals surface area contributed by atoms with Crippen molar-refractivity contribution in [1.82, 2.24) is 19.8 Å². The lowest BCUT2D eigenvalue weighted by molar-refractivity contribution is -0.0652. The van der Waals surface area contributed by atoms with E-state index in [0.29, 0.717) is 5.52 Å². The number of amides is 2. The minimum absolute atomic E-state index is 0.0743. The molecule has 1 aromatic heterocycles. The van der Waals surface area contributed by atoms with Crippen molar-refractivity contribution in [3.63, 3.8) is 0 Å².